The second-order valence-corrected chi connectivity index (χ2v) is 4.86. The lowest BCUT2D eigenvalue weighted by Crippen LogP contribution is -2.11. The minimum absolute atomic E-state index is 0.122. The van der Waals surface area contributed by atoms with Crippen LogP contribution in [0.3, 0.4) is 0 Å². The zero-order chi connectivity index (χ0) is 14.4. The summed E-state index contributed by atoms with van der Waals surface area (Å²) in [6.07, 6.45) is 2.73. The van der Waals surface area contributed by atoms with Crippen LogP contribution in [0.5, 0.6) is 11.5 Å². The second kappa shape index (κ2) is 6.80. The highest BCUT2D eigenvalue weighted by Gasteiger charge is 2.05. The van der Waals surface area contributed by atoms with Crippen molar-refractivity contribution in [3.05, 3.63) is 48.2 Å². The number of anilines is 1. The number of phenolic OH excluding ortho intramolecular Hbond substituents is 1. The molecule has 0 saturated carbocycles. The Morgan fingerprint density at radius 1 is 1.20 bits per heavy atom. The van der Waals surface area contributed by atoms with Gasteiger partial charge in [-0.2, -0.15) is 0 Å². The number of ether oxygens (including phenoxy) is 1. The highest BCUT2D eigenvalue weighted by molar-refractivity contribution is 5.49. The van der Waals surface area contributed by atoms with E-state index in [1.165, 1.54) is 0 Å². The molecule has 1 aromatic heterocycles. The van der Waals surface area contributed by atoms with E-state index >= 15 is 0 Å². The molecule has 2 N–H and O–H groups in total. The number of nitrogens with one attached hydrogen (secondary N) is 1. The smallest absolute Gasteiger partial charge is 0.168 e. The van der Waals surface area contributed by atoms with Crippen LogP contribution < -0.4 is 10.1 Å². The van der Waals surface area contributed by atoms with Gasteiger partial charge in [0.05, 0.1) is 6.10 Å². The summed E-state index contributed by atoms with van der Waals surface area (Å²) >= 11 is 0. The van der Waals surface area contributed by atoms with E-state index in [-0.39, 0.29) is 6.10 Å². The van der Waals surface area contributed by atoms with Gasteiger partial charge in [0.2, 0.25) is 0 Å². The predicted octanol–water partition coefficient (Wildman–Crippen LogP) is 3.23. The van der Waals surface area contributed by atoms with Crippen LogP contribution in [0.4, 0.5) is 5.82 Å². The molecule has 0 fully saturated rings. The van der Waals surface area contributed by atoms with Gasteiger partial charge in [0, 0.05) is 12.7 Å². The van der Waals surface area contributed by atoms with Gasteiger partial charge in [-0.05, 0) is 50.1 Å². The van der Waals surface area contributed by atoms with Gasteiger partial charge in [-0.25, -0.2) is 4.98 Å². The van der Waals surface area contributed by atoms with Crippen molar-refractivity contribution in [3.63, 3.8) is 0 Å². The van der Waals surface area contributed by atoms with Crippen molar-refractivity contribution in [2.24, 2.45) is 0 Å². The minimum Gasteiger partial charge on any atom is -0.508 e. The molecule has 1 heterocycles. The number of aromatic nitrogens is 1. The maximum atomic E-state index is 9.24. The first-order chi connectivity index (χ1) is 9.65. The number of nitrogens with zero attached hydrogens (tertiary/aromatic N) is 1. The summed E-state index contributed by atoms with van der Waals surface area (Å²) in [5, 5.41) is 12.5. The van der Waals surface area contributed by atoms with Gasteiger partial charge in [0.15, 0.2) is 11.6 Å². The van der Waals surface area contributed by atoms with Crippen LogP contribution in [-0.4, -0.2) is 22.7 Å². The molecule has 0 atom stereocenters. The molecule has 1 aromatic carbocycles. The Bertz CT molecular complexity index is 538. The number of benzene rings is 1. The highest BCUT2D eigenvalue weighted by atomic mass is 16.5. The van der Waals surface area contributed by atoms with Gasteiger partial charge in [-0.1, -0.05) is 12.1 Å². The molecular formula is C16H20N2O2. The molecule has 4 nitrogen and oxygen atoms in total. The minimum atomic E-state index is 0.122. The van der Waals surface area contributed by atoms with Crippen LogP contribution in [0, 0.1) is 0 Å². The molecule has 0 aliphatic heterocycles. The van der Waals surface area contributed by atoms with Crippen molar-refractivity contribution in [1.29, 1.82) is 0 Å². The first kappa shape index (κ1) is 14.2. The third-order valence-electron chi connectivity index (χ3n) is 2.78. The van der Waals surface area contributed by atoms with Crippen molar-refractivity contribution in [3.8, 4) is 11.5 Å². The molecule has 4 heteroatoms. The molecule has 0 amide bonds. The Hall–Kier alpha value is -2.23. The normalized spacial score (nSPS) is 10.6. The summed E-state index contributed by atoms with van der Waals surface area (Å²) in [4.78, 5) is 4.30. The van der Waals surface area contributed by atoms with E-state index in [0.29, 0.717) is 5.75 Å². The average molecular weight is 272 g/mol. The van der Waals surface area contributed by atoms with E-state index in [1.54, 1.807) is 18.3 Å². The summed E-state index contributed by atoms with van der Waals surface area (Å²) in [6, 6.07) is 11.0. The topological polar surface area (TPSA) is 54.4 Å². The number of rotatable bonds is 6. The first-order valence-corrected chi connectivity index (χ1v) is 6.78. The van der Waals surface area contributed by atoms with E-state index in [4.69, 9.17) is 4.74 Å². The van der Waals surface area contributed by atoms with Crippen LogP contribution in [0.1, 0.15) is 19.4 Å². The Labute approximate surface area is 119 Å². The molecule has 0 spiro atoms. The van der Waals surface area contributed by atoms with E-state index in [9.17, 15) is 5.11 Å². The van der Waals surface area contributed by atoms with E-state index in [0.717, 1.165) is 30.1 Å². The monoisotopic (exact) mass is 272 g/mol. The van der Waals surface area contributed by atoms with Crippen LogP contribution in [-0.2, 0) is 6.42 Å². The quantitative estimate of drug-likeness (QED) is 0.847. The Kier molecular flexibility index (Phi) is 4.82. The lowest BCUT2D eigenvalue weighted by atomic mass is 10.1. The van der Waals surface area contributed by atoms with Gasteiger partial charge < -0.3 is 15.2 Å². The molecule has 20 heavy (non-hydrogen) atoms. The van der Waals surface area contributed by atoms with Gasteiger partial charge in [-0.15, -0.1) is 0 Å². The molecule has 0 aliphatic carbocycles. The summed E-state index contributed by atoms with van der Waals surface area (Å²) in [5.41, 5.74) is 1.16. The molecular weight excluding hydrogens is 252 g/mol. The largest absolute Gasteiger partial charge is 0.508 e. The number of pyridine rings is 1. The molecule has 0 saturated heterocycles. The second-order valence-electron chi connectivity index (χ2n) is 4.86. The highest BCUT2D eigenvalue weighted by Crippen LogP contribution is 2.22. The number of phenols is 1. The van der Waals surface area contributed by atoms with E-state index < -0.39 is 0 Å². The fraction of sp³-hybridized carbons (Fsp3) is 0.312. The van der Waals surface area contributed by atoms with E-state index in [2.05, 4.69) is 10.3 Å². The van der Waals surface area contributed by atoms with Crippen molar-refractivity contribution >= 4 is 5.82 Å². The van der Waals surface area contributed by atoms with Crippen LogP contribution in [0.25, 0.3) is 0 Å². The zero-order valence-corrected chi connectivity index (χ0v) is 11.8. The molecule has 0 radical (unpaired) electrons. The Morgan fingerprint density at radius 3 is 2.65 bits per heavy atom. The van der Waals surface area contributed by atoms with Crippen LogP contribution in [0.15, 0.2) is 42.6 Å². The van der Waals surface area contributed by atoms with Gasteiger partial charge in [0.25, 0.3) is 0 Å². The molecule has 0 aliphatic rings. The standard InChI is InChI=1S/C16H20N2O2/c1-12(2)20-15-4-3-10-17-16(15)18-11-9-13-5-7-14(19)8-6-13/h3-8,10,12,19H,9,11H2,1-2H3,(H,17,18). The van der Waals surface area contributed by atoms with Crippen molar-refractivity contribution in [2.45, 2.75) is 26.4 Å². The third-order valence-corrected chi connectivity index (χ3v) is 2.78. The number of aromatic hydroxyl groups is 1. The van der Waals surface area contributed by atoms with Gasteiger partial charge in [-0.3, -0.25) is 0 Å². The van der Waals surface area contributed by atoms with Crippen molar-refractivity contribution < 1.29 is 9.84 Å². The van der Waals surface area contributed by atoms with Crippen LogP contribution in [0.2, 0.25) is 0 Å². The van der Waals surface area contributed by atoms with Crippen molar-refractivity contribution in [2.75, 3.05) is 11.9 Å². The van der Waals surface area contributed by atoms with Crippen molar-refractivity contribution in [1.82, 2.24) is 4.98 Å². The Morgan fingerprint density at radius 2 is 1.95 bits per heavy atom. The predicted molar refractivity (Wildman–Crippen MR) is 80.3 cm³/mol. The molecule has 106 valence electrons. The number of hydrogen-bond donors (Lipinski definition) is 2. The maximum Gasteiger partial charge on any atom is 0.168 e. The summed E-state index contributed by atoms with van der Waals surface area (Å²) in [5.74, 6) is 1.83. The first-order valence-electron chi connectivity index (χ1n) is 6.78. The lowest BCUT2D eigenvalue weighted by Gasteiger charge is -2.14. The molecule has 0 bridgehead atoms. The Balaban J connectivity index is 1.92. The SMILES string of the molecule is CC(C)Oc1cccnc1NCCc1ccc(O)cc1. The fourth-order valence-electron chi connectivity index (χ4n) is 1.86. The maximum absolute atomic E-state index is 9.24. The fourth-order valence-corrected chi connectivity index (χ4v) is 1.86. The molecule has 2 rings (SSSR count). The van der Waals surface area contributed by atoms with Gasteiger partial charge in [0.1, 0.15) is 5.75 Å². The number of hydrogen-bond acceptors (Lipinski definition) is 4. The summed E-state index contributed by atoms with van der Waals surface area (Å²) < 4.78 is 5.71. The summed E-state index contributed by atoms with van der Waals surface area (Å²) in [6.45, 7) is 4.75. The average Bonchev–Trinajstić information content (AvgIpc) is 2.42. The zero-order valence-electron chi connectivity index (χ0n) is 11.8. The summed E-state index contributed by atoms with van der Waals surface area (Å²) in [7, 11) is 0. The molecule has 0 unspecified atom stereocenters. The van der Waals surface area contributed by atoms with Crippen LogP contribution >= 0.6 is 0 Å². The lowest BCUT2D eigenvalue weighted by molar-refractivity contribution is 0.243. The molecule has 2 aromatic rings. The van der Waals surface area contributed by atoms with Gasteiger partial charge >= 0.3 is 0 Å². The third kappa shape index (κ3) is 4.16. The van der Waals surface area contributed by atoms with E-state index in [1.807, 2.05) is 38.1 Å².